The molecule has 0 aliphatic heterocycles. The monoisotopic (exact) mass is 389 g/mol. The highest BCUT2D eigenvalue weighted by Crippen LogP contribution is 2.19. The van der Waals surface area contributed by atoms with Gasteiger partial charge < -0.3 is 24.3 Å². The summed E-state index contributed by atoms with van der Waals surface area (Å²) in [4.78, 5) is 11.6. The average Bonchev–Trinajstić information content (AvgIpc) is 2.58. The van der Waals surface area contributed by atoms with Crippen molar-refractivity contribution in [3.63, 3.8) is 0 Å². The minimum absolute atomic E-state index is 0.0689. The Morgan fingerprint density at radius 1 is 0.815 bits per heavy atom. The van der Waals surface area contributed by atoms with E-state index in [1.165, 1.54) is 6.42 Å². The number of ether oxygens (including phenoxy) is 4. The van der Waals surface area contributed by atoms with Crippen LogP contribution in [0, 0.1) is 11.3 Å². The van der Waals surface area contributed by atoms with Gasteiger partial charge in [0.05, 0.1) is 39.6 Å². The molecule has 0 rings (SSSR count). The summed E-state index contributed by atoms with van der Waals surface area (Å²) in [6.07, 6.45) is 4.39. The van der Waals surface area contributed by atoms with Gasteiger partial charge in [-0.25, -0.2) is 0 Å². The predicted octanol–water partition coefficient (Wildman–Crippen LogP) is 3.43. The van der Waals surface area contributed by atoms with Crippen LogP contribution < -0.4 is 5.32 Å². The minimum Gasteiger partial charge on any atom is -0.379 e. The fourth-order valence-electron chi connectivity index (χ4n) is 2.32. The molecule has 0 aliphatic carbocycles. The van der Waals surface area contributed by atoms with Crippen molar-refractivity contribution in [3.05, 3.63) is 0 Å². The van der Waals surface area contributed by atoms with E-state index in [0.29, 0.717) is 51.6 Å². The SMILES string of the molecule is CC(C)CCCOCCOCCOCCOCC(=O)NCCCC(C)(C)C. The number of carbonyl (C=O) groups excluding carboxylic acids is 1. The molecule has 1 N–H and O–H groups in total. The summed E-state index contributed by atoms with van der Waals surface area (Å²) in [5.41, 5.74) is 0.308. The van der Waals surface area contributed by atoms with Crippen LogP contribution in [-0.2, 0) is 23.7 Å². The fourth-order valence-corrected chi connectivity index (χ4v) is 2.32. The van der Waals surface area contributed by atoms with E-state index >= 15 is 0 Å². The van der Waals surface area contributed by atoms with Crippen LogP contribution in [-0.4, -0.2) is 65.3 Å². The molecule has 0 spiro atoms. The van der Waals surface area contributed by atoms with E-state index in [2.05, 4.69) is 39.9 Å². The normalized spacial score (nSPS) is 11.9. The molecule has 162 valence electrons. The average molecular weight is 390 g/mol. The molecule has 0 aromatic heterocycles. The van der Waals surface area contributed by atoms with Gasteiger partial charge in [0, 0.05) is 13.2 Å². The maximum absolute atomic E-state index is 11.6. The molecule has 0 saturated heterocycles. The van der Waals surface area contributed by atoms with Gasteiger partial charge >= 0.3 is 0 Å². The van der Waals surface area contributed by atoms with Crippen molar-refractivity contribution in [2.75, 3.05) is 59.4 Å². The van der Waals surface area contributed by atoms with Gasteiger partial charge in [-0.05, 0) is 37.0 Å². The third-order valence-electron chi connectivity index (χ3n) is 3.85. The van der Waals surface area contributed by atoms with Gasteiger partial charge in [0.15, 0.2) is 0 Å². The lowest BCUT2D eigenvalue weighted by Gasteiger charge is -2.17. The Labute approximate surface area is 166 Å². The quantitative estimate of drug-likeness (QED) is 0.364. The van der Waals surface area contributed by atoms with Crippen molar-refractivity contribution < 1.29 is 23.7 Å². The van der Waals surface area contributed by atoms with Gasteiger partial charge in [-0.15, -0.1) is 0 Å². The first-order valence-electron chi connectivity index (χ1n) is 10.4. The number of nitrogens with one attached hydrogen (secondary N) is 1. The van der Waals surface area contributed by atoms with Crippen LogP contribution in [0.5, 0.6) is 0 Å². The summed E-state index contributed by atoms with van der Waals surface area (Å²) in [5.74, 6) is 0.666. The Bertz CT molecular complexity index is 342. The molecule has 27 heavy (non-hydrogen) atoms. The zero-order chi connectivity index (χ0) is 20.4. The molecular weight excluding hydrogens is 346 g/mol. The lowest BCUT2D eigenvalue weighted by molar-refractivity contribution is -0.126. The second-order valence-corrected chi connectivity index (χ2v) is 8.44. The molecule has 6 nitrogen and oxygen atoms in total. The summed E-state index contributed by atoms with van der Waals surface area (Å²) < 4.78 is 21.6. The van der Waals surface area contributed by atoms with Gasteiger partial charge in [0.1, 0.15) is 6.61 Å². The Morgan fingerprint density at radius 2 is 1.33 bits per heavy atom. The number of rotatable bonds is 18. The van der Waals surface area contributed by atoms with Crippen LogP contribution in [0.25, 0.3) is 0 Å². The molecule has 0 bridgehead atoms. The molecule has 0 aromatic carbocycles. The molecule has 0 aliphatic rings. The Balaban J connectivity index is 3.19. The number of carbonyl (C=O) groups is 1. The first kappa shape index (κ1) is 26.3. The van der Waals surface area contributed by atoms with Crippen LogP contribution in [0.1, 0.15) is 60.3 Å². The fraction of sp³-hybridized carbons (Fsp3) is 0.952. The highest BCUT2D eigenvalue weighted by atomic mass is 16.6. The number of hydrogen-bond acceptors (Lipinski definition) is 5. The largest absolute Gasteiger partial charge is 0.379 e. The summed E-state index contributed by atoms with van der Waals surface area (Å²) >= 11 is 0. The maximum atomic E-state index is 11.6. The molecule has 0 heterocycles. The number of amides is 1. The highest BCUT2D eigenvalue weighted by Gasteiger charge is 2.09. The molecule has 0 aromatic rings. The van der Waals surface area contributed by atoms with E-state index in [1.54, 1.807) is 0 Å². The molecule has 0 fully saturated rings. The van der Waals surface area contributed by atoms with Gasteiger partial charge in [0.2, 0.25) is 5.91 Å². The smallest absolute Gasteiger partial charge is 0.245 e. The van der Waals surface area contributed by atoms with Crippen molar-refractivity contribution in [2.45, 2.75) is 60.3 Å². The zero-order valence-electron chi connectivity index (χ0n) is 18.3. The minimum atomic E-state index is -0.0689. The van der Waals surface area contributed by atoms with E-state index in [9.17, 15) is 4.79 Å². The second kappa shape index (κ2) is 17.4. The summed E-state index contributed by atoms with van der Waals surface area (Å²) in [5, 5.41) is 2.87. The van der Waals surface area contributed by atoms with Gasteiger partial charge in [-0.3, -0.25) is 4.79 Å². The first-order chi connectivity index (χ1) is 12.8. The Morgan fingerprint density at radius 3 is 1.85 bits per heavy atom. The molecule has 1 amide bonds. The van der Waals surface area contributed by atoms with Crippen molar-refractivity contribution in [2.24, 2.45) is 11.3 Å². The highest BCUT2D eigenvalue weighted by molar-refractivity contribution is 5.77. The van der Waals surface area contributed by atoms with Gasteiger partial charge in [0.25, 0.3) is 0 Å². The van der Waals surface area contributed by atoms with Crippen molar-refractivity contribution in [3.8, 4) is 0 Å². The number of hydrogen-bond donors (Lipinski definition) is 1. The van der Waals surface area contributed by atoms with Crippen LogP contribution in [0.2, 0.25) is 0 Å². The molecule has 0 unspecified atom stereocenters. The third kappa shape index (κ3) is 23.3. The molecular formula is C21H43NO5. The van der Waals surface area contributed by atoms with Crippen molar-refractivity contribution in [1.82, 2.24) is 5.32 Å². The Kier molecular flexibility index (Phi) is 17.0. The summed E-state index contributed by atoms with van der Waals surface area (Å²) in [6, 6.07) is 0. The Hall–Kier alpha value is -0.690. The standard InChI is InChI=1S/C21H43NO5/c1-19(2)8-6-11-24-12-13-25-14-15-26-16-17-27-18-20(23)22-10-7-9-21(3,4)5/h19H,6-18H2,1-5H3,(H,22,23). The van der Waals surface area contributed by atoms with E-state index in [1.807, 2.05) is 0 Å². The van der Waals surface area contributed by atoms with Crippen LogP contribution in [0.3, 0.4) is 0 Å². The summed E-state index contributed by atoms with van der Waals surface area (Å²) in [6.45, 7) is 15.8. The lowest BCUT2D eigenvalue weighted by Crippen LogP contribution is -2.29. The van der Waals surface area contributed by atoms with Crippen LogP contribution >= 0.6 is 0 Å². The topological polar surface area (TPSA) is 66.0 Å². The molecule has 0 radical (unpaired) electrons. The summed E-state index contributed by atoms with van der Waals surface area (Å²) in [7, 11) is 0. The second-order valence-electron chi connectivity index (χ2n) is 8.44. The molecule has 0 saturated carbocycles. The predicted molar refractivity (Wildman–Crippen MR) is 109 cm³/mol. The third-order valence-corrected chi connectivity index (χ3v) is 3.85. The van der Waals surface area contributed by atoms with E-state index in [-0.39, 0.29) is 12.5 Å². The zero-order valence-corrected chi connectivity index (χ0v) is 18.3. The molecule has 6 heteroatoms. The van der Waals surface area contributed by atoms with E-state index in [4.69, 9.17) is 18.9 Å². The van der Waals surface area contributed by atoms with Gasteiger partial charge in [-0.1, -0.05) is 34.6 Å². The maximum Gasteiger partial charge on any atom is 0.245 e. The van der Waals surface area contributed by atoms with E-state index < -0.39 is 0 Å². The van der Waals surface area contributed by atoms with Crippen molar-refractivity contribution in [1.29, 1.82) is 0 Å². The van der Waals surface area contributed by atoms with E-state index in [0.717, 1.165) is 31.8 Å². The lowest BCUT2D eigenvalue weighted by atomic mass is 9.91. The van der Waals surface area contributed by atoms with Gasteiger partial charge in [-0.2, -0.15) is 0 Å². The van der Waals surface area contributed by atoms with Crippen LogP contribution in [0.4, 0.5) is 0 Å². The van der Waals surface area contributed by atoms with Crippen LogP contribution in [0.15, 0.2) is 0 Å². The first-order valence-corrected chi connectivity index (χ1v) is 10.4. The molecule has 0 atom stereocenters. The van der Waals surface area contributed by atoms with Crippen molar-refractivity contribution >= 4 is 5.91 Å².